The summed E-state index contributed by atoms with van der Waals surface area (Å²) >= 11 is 4.04. The smallest absolute Gasteiger partial charge is 0.272 e. The summed E-state index contributed by atoms with van der Waals surface area (Å²) in [5, 5.41) is 7.75. The monoisotopic (exact) mass is 456 g/mol. The van der Waals surface area contributed by atoms with Crippen molar-refractivity contribution in [2.75, 3.05) is 11.1 Å². The zero-order valence-corrected chi connectivity index (χ0v) is 19.2. The Morgan fingerprint density at radius 1 is 1.17 bits per heavy atom. The summed E-state index contributed by atoms with van der Waals surface area (Å²) in [6.45, 7) is 6.56. The summed E-state index contributed by atoms with van der Waals surface area (Å²) in [6.07, 6.45) is 0. The fourth-order valence-electron chi connectivity index (χ4n) is 2.96. The number of thiazole rings is 1. The van der Waals surface area contributed by atoms with Gasteiger partial charge in [0.25, 0.3) is 5.56 Å². The van der Waals surface area contributed by atoms with E-state index < -0.39 is 0 Å². The molecule has 0 aliphatic carbocycles. The second-order valence-electron chi connectivity index (χ2n) is 6.75. The minimum Gasteiger partial charge on any atom is -0.301 e. The molecule has 1 aromatic carbocycles. The number of rotatable bonds is 6. The number of benzene rings is 1. The lowest BCUT2D eigenvalue weighted by Gasteiger charge is -2.09. The van der Waals surface area contributed by atoms with Crippen molar-refractivity contribution in [3.8, 4) is 11.3 Å². The van der Waals surface area contributed by atoms with Gasteiger partial charge in [0.15, 0.2) is 10.3 Å². The zero-order chi connectivity index (χ0) is 21.3. The SMILES string of the molecule is CCn1c(SCC(=O)Nc2nc(-c3ccc(C)c(C)c3)cs2)nc2ccsc2c1=O. The van der Waals surface area contributed by atoms with Crippen molar-refractivity contribution in [3.63, 3.8) is 0 Å². The second-order valence-corrected chi connectivity index (χ2v) is 9.47. The Hall–Kier alpha value is -2.49. The van der Waals surface area contributed by atoms with E-state index >= 15 is 0 Å². The fraction of sp³-hybridized carbons (Fsp3) is 0.238. The van der Waals surface area contributed by atoms with E-state index in [9.17, 15) is 9.59 Å². The van der Waals surface area contributed by atoms with Crippen LogP contribution in [0.15, 0.2) is 45.0 Å². The summed E-state index contributed by atoms with van der Waals surface area (Å²) in [6, 6.07) is 8.04. The van der Waals surface area contributed by atoms with Crippen LogP contribution in [0, 0.1) is 13.8 Å². The first-order valence-corrected chi connectivity index (χ1v) is 12.1. The number of nitrogens with zero attached hydrogens (tertiary/aromatic N) is 3. The standard InChI is InChI=1S/C21H20N4O2S3/c1-4-25-19(27)18-15(7-8-28-18)23-21(25)30-11-17(26)24-20-22-16(10-29-20)14-6-5-12(2)13(3)9-14/h5-10H,4,11H2,1-3H3,(H,22,24,26). The van der Waals surface area contributed by atoms with Gasteiger partial charge in [-0.3, -0.25) is 14.2 Å². The van der Waals surface area contributed by atoms with E-state index in [1.165, 1.54) is 45.6 Å². The highest BCUT2D eigenvalue weighted by atomic mass is 32.2. The molecule has 0 bridgehead atoms. The van der Waals surface area contributed by atoms with Crippen molar-refractivity contribution in [2.45, 2.75) is 32.5 Å². The molecule has 0 atom stereocenters. The van der Waals surface area contributed by atoms with Gasteiger partial charge < -0.3 is 5.32 Å². The number of carbonyl (C=O) groups excluding carboxylic acids is 1. The summed E-state index contributed by atoms with van der Waals surface area (Å²) in [4.78, 5) is 34.1. The normalized spacial score (nSPS) is 11.2. The Kier molecular flexibility index (Phi) is 6.03. The number of thioether (sulfide) groups is 1. The predicted molar refractivity (Wildman–Crippen MR) is 126 cm³/mol. The number of amides is 1. The van der Waals surface area contributed by atoms with Gasteiger partial charge in [-0.05, 0) is 49.4 Å². The third kappa shape index (κ3) is 4.19. The number of aromatic nitrogens is 3. The van der Waals surface area contributed by atoms with Crippen LogP contribution >= 0.6 is 34.4 Å². The molecular formula is C21H20N4O2S3. The second kappa shape index (κ2) is 8.71. The molecule has 0 saturated carbocycles. The third-order valence-electron chi connectivity index (χ3n) is 4.73. The number of carbonyl (C=O) groups is 1. The average Bonchev–Trinajstić information content (AvgIpc) is 3.38. The molecule has 6 nitrogen and oxygen atoms in total. The van der Waals surface area contributed by atoms with E-state index in [-0.39, 0.29) is 17.2 Å². The van der Waals surface area contributed by atoms with E-state index in [4.69, 9.17) is 0 Å². The summed E-state index contributed by atoms with van der Waals surface area (Å²) in [5.74, 6) is -0.0241. The molecule has 1 N–H and O–H groups in total. The molecule has 0 radical (unpaired) electrons. The number of fused-ring (bicyclic) bond motifs is 1. The molecule has 4 aromatic rings. The Morgan fingerprint density at radius 3 is 2.77 bits per heavy atom. The van der Waals surface area contributed by atoms with Crippen molar-refractivity contribution >= 4 is 55.7 Å². The van der Waals surface area contributed by atoms with Gasteiger partial charge in [-0.25, -0.2) is 9.97 Å². The number of hydrogen-bond acceptors (Lipinski definition) is 7. The van der Waals surface area contributed by atoms with Gasteiger partial charge in [0.05, 0.1) is 17.0 Å². The lowest BCUT2D eigenvalue weighted by molar-refractivity contribution is -0.113. The van der Waals surface area contributed by atoms with Gasteiger partial charge in [-0.15, -0.1) is 22.7 Å². The van der Waals surface area contributed by atoms with Gasteiger partial charge in [0.2, 0.25) is 5.91 Å². The van der Waals surface area contributed by atoms with E-state index in [0.717, 1.165) is 11.3 Å². The first kappa shape index (κ1) is 20.8. The van der Waals surface area contributed by atoms with Crippen molar-refractivity contribution in [1.29, 1.82) is 0 Å². The Bertz CT molecular complexity index is 1290. The maximum absolute atomic E-state index is 12.6. The highest BCUT2D eigenvalue weighted by Gasteiger charge is 2.14. The lowest BCUT2D eigenvalue weighted by Crippen LogP contribution is -2.22. The number of nitrogens with one attached hydrogen (secondary N) is 1. The Labute approximate surface area is 186 Å². The maximum Gasteiger partial charge on any atom is 0.272 e. The Balaban J connectivity index is 1.45. The summed E-state index contributed by atoms with van der Waals surface area (Å²) < 4.78 is 2.25. The summed E-state index contributed by atoms with van der Waals surface area (Å²) in [5.41, 5.74) is 4.94. The van der Waals surface area contributed by atoms with Gasteiger partial charge in [0, 0.05) is 17.5 Å². The van der Waals surface area contributed by atoms with Crippen molar-refractivity contribution in [3.05, 3.63) is 56.5 Å². The largest absolute Gasteiger partial charge is 0.301 e. The first-order valence-electron chi connectivity index (χ1n) is 9.40. The van der Waals surface area contributed by atoms with E-state index in [0.29, 0.717) is 27.0 Å². The molecule has 3 aromatic heterocycles. The Morgan fingerprint density at radius 2 is 2.00 bits per heavy atom. The molecular weight excluding hydrogens is 436 g/mol. The van der Waals surface area contributed by atoms with Crippen molar-refractivity contribution in [2.24, 2.45) is 0 Å². The molecule has 0 aliphatic heterocycles. The highest BCUT2D eigenvalue weighted by Crippen LogP contribution is 2.27. The van der Waals surface area contributed by atoms with Gasteiger partial charge >= 0.3 is 0 Å². The molecule has 154 valence electrons. The average molecular weight is 457 g/mol. The summed E-state index contributed by atoms with van der Waals surface area (Å²) in [7, 11) is 0. The highest BCUT2D eigenvalue weighted by molar-refractivity contribution is 7.99. The molecule has 30 heavy (non-hydrogen) atoms. The molecule has 1 amide bonds. The quantitative estimate of drug-likeness (QED) is 0.328. The first-order chi connectivity index (χ1) is 14.5. The van der Waals surface area contributed by atoms with Crippen LogP contribution in [0.3, 0.4) is 0 Å². The maximum atomic E-state index is 12.6. The topological polar surface area (TPSA) is 76.9 Å². The van der Waals surface area contributed by atoms with E-state index in [1.807, 2.05) is 29.8 Å². The molecule has 0 saturated heterocycles. The molecule has 0 spiro atoms. The van der Waals surface area contributed by atoms with Crippen molar-refractivity contribution < 1.29 is 4.79 Å². The third-order valence-corrected chi connectivity index (χ3v) is 7.36. The number of thiophene rings is 1. The van der Waals surface area contributed by atoms with Crippen LogP contribution in [0.5, 0.6) is 0 Å². The van der Waals surface area contributed by atoms with Gasteiger partial charge in [-0.1, -0.05) is 23.9 Å². The zero-order valence-electron chi connectivity index (χ0n) is 16.8. The number of aryl methyl sites for hydroxylation is 2. The van der Waals surface area contributed by atoms with Crippen LogP contribution in [0.25, 0.3) is 21.5 Å². The lowest BCUT2D eigenvalue weighted by atomic mass is 10.1. The van der Waals surface area contributed by atoms with Crippen LogP contribution in [-0.2, 0) is 11.3 Å². The van der Waals surface area contributed by atoms with E-state index in [2.05, 4.69) is 41.3 Å². The van der Waals surface area contributed by atoms with Gasteiger partial charge in [-0.2, -0.15) is 0 Å². The minimum atomic E-state index is -0.177. The molecule has 0 unspecified atom stereocenters. The number of hydrogen-bond donors (Lipinski definition) is 1. The van der Waals surface area contributed by atoms with Gasteiger partial charge in [0.1, 0.15) is 4.70 Å². The molecule has 3 heterocycles. The van der Waals surface area contributed by atoms with Crippen molar-refractivity contribution in [1.82, 2.24) is 14.5 Å². The molecule has 0 aliphatic rings. The minimum absolute atomic E-state index is 0.0571. The number of anilines is 1. The molecule has 9 heteroatoms. The predicted octanol–water partition coefficient (Wildman–Crippen LogP) is 4.95. The fourth-order valence-corrected chi connectivity index (χ4v) is 5.34. The molecule has 4 rings (SSSR count). The van der Waals surface area contributed by atoms with Crippen LogP contribution in [0.1, 0.15) is 18.1 Å². The van der Waals surface area contributed by atoms with E-state index in [1.54, 1.807) is 4.57 Å². The van der Waals surface area contributed by atoms with Crippen LogP contribution < -0.4 is 10.9 Å². The van der Waals surface area contributed by atoms with Crippen LogP contribution in [0.2, 0.25) is 0 Å². The molecule has 0 fully saturated rings. The van der Waals surface area contributed by atoms with Crippen LogP contribution in [0.4, 0.5) is 5.13 Å². The van der Waals surface area contributed by atoms with Crippen LogP contribution in [-0.4, -0.2) is 26.2 Å².